The third-order valence-corrected chi connectivity index (χ3v) is 11.4. The molecule has 0 aliphatic heterocycles. The number of oxazole rings is 1. The van der Waals surface area contributed by atoms with Gasteiger partial charge in [0, 0.05) is 0 Å². The van der Waals surface area contributed by atoms with E-state index in [1.54, 1.807) is 18.3 Å². The number of benzene rings is 2. The van der Waals surface area contributed by atoms with Crippen molar-refractivity contribution in [3.8, 4) is 28.7 Å². The fourth-order valence-corrected chi connectivity index (χ4v) is 5.03. The Kier molecular flexibility index (Phi) is 7.53. The van der Waals surface area contributed by atoms with Crippen LogP contribution in [-0.2, 0) is 10.8 Å². The zero-order valence-corrected chi connectivity index (χ0v) is 22.7. The minimum atomic E-state index is -2.09. The molecule has 4 aromatic rings. The van der Waals surface area contributed by atoms with Crippen molar-refractivity contribution in [1.29, 1.82) is 5.26 Å². The van der Waals surface area contributed by atoms with Crippen LogP contribution < -0.4 is 0 Å². The summed E-state index contributed by atoms with van der Waals surface area (Å²) in [6, 6.07) is 26.5. The highest BCUT2D eigenvalue weighted by Gasteiger charge is 2.40. The van der Waals surface area contributed by atoms with Crippen LogP contribution in [0.4, 0.5) is 0 Å². The average Bonchev–Trinajstić information content (AvgIpc) is 3.37. The predicted molar refractivity (Wildman–Crippen MR) is 146 cm³/mol. The van der Waals surface area contributed by atoms with Gasteiger partial charge in [0.25, 0.3) is 0 Å². The van der Waals surface area contributed by atoms with Gasteiger partial charge < -0.3 is 8.84 Å². The van der Waals surface area contributed by atoms with Gasteiger partial charge in [-0.3, -0.25) is 0 Å². The lowest BCUT2D eigenvalue weighted by Gasteiger charge is -2.38. The molecule has 0 amide bonds. The number of hydrogen-bond donors (Lipinski definition) is 0. The Morgan fingerprint density at radius 1 is 0.944 bits per heavy atom. The molecule has 0 aliphatic rings. The number of aromatic nitrogens is 2. The Labute approximate surface area is 214 Å². The van der Waals surface area contributed by atoms with E-state index in [4.69, 9.17) is 8.84 Å². The van der Waals surface area contributed by atoms with E-state index in [2.05, 4.69) is 98.4 Å². The molecule has 0 fully saturated rings. The average molecular weight is 496 g/mol. The molecule has 1 atom stereocenters. The second kappa shape index (κ2) is 10.6. The number of aryl methyl sites for hydroxylation is 1. The van der Waals surface area contributed by atoms with E-state index in [1.165, 1.54) is 16.7 Å². The third kappa shape index (κ3) is 5.99. The fraction of sp³-hybridized carbons (Fsp3) is 0.300. The zero-order chi connectivity index (χ0) is 25.8. The number of rotatable bonds is 8. The summed E-state index contributed by atoms with van der Waals surface area (Å²) < 4.78 is 13.0. The highest BCUT2D eigenvalue weighted by molar-refractivity contribution is 6.74. The minimum Gasteiger partial charge on any atom is -0.436 e. The van der Waals surface area contributed by atoms with Crippen molar-refractivity contribution in [3.05, 3.63) is 96.1 Å². The number of nitriles is 1. The van der Waals surface area contributed by atoms with Gasteiger partial charge in [0.1, 0.15) is 23.6 Å². The molecule has 1 unspecified atom stereocenters. The zero-order valence-electron chi connectivity index (χ0n) is 21.7. The van der Waals surface area contributed by atoms with Crippen molar-refractivity contribution in [2.75, 3.05) is 0 Å². The molecule has 2 aromatic heterocycles. The number of hydrogen-bond acceptors (Lipinski definition) is 5. The molecule has 5 nitrogen and oxygen atoms in total. The summed E-state index contributed by atoms with van der Waals surface area (Å²) in [6.07, 6.45) is 3.00. The van der Waals surface area contributed by atoms with E-state index in [-0.39, 0.29) is 11.1 Å². The third-order valence-electron chi connectivity index (χ3n) is 6.91. The smallest absolute Gasteiger partial charge is 0.222 e. The van der Waals surface area contributed by atoms with Gasteiger partial charge in [-0.25, -0.2) is 9.97 Å². The van der Waals surface area contributed by atoms with Crippen molar-refractivity contribution in [1.82, 2.24) is 9.97 Å². The van der Waals surface area contributed by atoms with Crippen LogP contribution in [-0.4, -0.2) is 18.3 Å². The van der Waals surface area contributed by atoms with Gasteiger partial charge in [-0.05, 0) is 59.8 Å². The lowest BCUT2D eigenvalue weighted by Crippen LogP contribution is -2.42. The second-order valence-corrected chi connectivity index (χ2v) is 15.3. The molecule has 0 saturated heterocycles. The van der Waals surface area contributed by atoms with Gasteiger partial charge >= 0.3 is 0 Å². The molecule has 0 saturated carbocycles. The van der Waals surface area contributed by atoms with Crippen LogP contribution in [0.25, 0.3) is 22.6 Å². The Balaban J connectivity index is 1.56. The van der Waals surface area contributed by atoms with E-state index in [0.717, 1.165) is 12.8 Å². The molecule has 2 aromatic carbocycles. The SMILES string of the molecule is CC(C)(C)[Si](C)(C)OC(CCc1ccc(-c2ccccc2)cc1)c1ncc(-c2cccc(C#N)n2)o1. The van der Waals surface area contributed by atoms with Crippen molar-refractivity contribution in [2.45, 2.75) is 57.8 Å². The Bertz CT molecular complexity index is 1330. The topological polar surface area (TPSA) is 71.9 Å². The van der Waals surface area contributed by atoms with Crippen LogP contribution in [0.3, 0.4) is 0 Å². The van der Waals surface area contributed by atoms with Gasteiger partial charge in [0.2, 0.25) is 5.89 Å². The first-order valence-electron chi connectivity index (χ1n) is 12.3. The van der Waals surface area contributed by atoms with Gasteiger partial charge in [-0.15, -0.1) is 0 Å². The van der Waals surface area contributed by atoms with Crippen LogP contribution in [0.1, 0.15) is 50.4 Å². The summed E-state index contributed by atoms with van der Waals surface area (Å²) in [7, 11) is -2.09. The lowest BCUT2D eigenvalue weighted by molar-refractivity contribution is 0.143. The summed E-state index contributed by atoms with van der Waals surface area (Å²) in [5, 5.41) is 9.25. The molecular formula is C30H33N3O2Si. The molecule has 2 heterocycles. The molecule has 0 bridgehead atoms. The molecule has 184 valence electrons. The van der Waals surface area contributed by atoms with E-state index < -0.39 is 8.32 Å². The summed E-state index contributed by atoms with van der Waals surface area (Å²) in [5.74, 6) is 1.10. The quantitative estimate of drug-likeness (QED) is 0.232. The van der Waals surface area contributed by atoms with Crippen LogP contribution in [0.5, 0.6) is 0 Å². The highest BCUT2D eigenvalue weighted by atomic mass is 28.4. The molecule has 0 radical (unpaired) electrons. The van der Waals surface area contributed by atoms with Gasteiger partial charge in [-0.1, -0.05) is 81.4 Å². The molecule has 36 heavy (non-hydrogen) atoms. The van der Waals surface area contributed by atoms with E-state index >= 15 is 0 Å². The first-order chi connectivity index (χ1) is 17.2. The van der Waals surface area contributed by atoms with Crippen molar-refractivity contribution in [2.24, 2.45) is 0 Å². The standard InChI is InChI=1S/C30H33N3O2Si/c1-30(2,3)36(4,5)35-27(29-32-21-28(34-29)26-13-9-12-25(20-31)33-26)19-16-22-14-17-24(18-15-22)23-10-7-6-8-11-23/h6-15,17-18,21,27H,16,19H2,1-5H3. The maximum absolute atomic E-state index is 9.19. The molecule has 0 N–H and O–H groups in total. The maximum atomic E-state index is 9.19. The fourth-order valence-electron chi connectivity index (χ4n) is 3.75. The minimum absolute atomic E-state index is 0.0562. The second-order valence-electron chi connectivity index (χ2n) is 10.6. The molecule has 0 aliphatic carbocycles. The van der Waals surface area contributed by atoms with Crippen LogP contribution in [0, 0.1) is 11.3 Å². The van der Waals surface area contributed by atoms with Crippen molar-refractivity contribution >= 4 is 8.32 Å². The van der Waals surface area contributed by atoms with Crippen molar-refractivity contribution < 1.29 is 8.84 Å². The predicted octanol–water partition coefficient (Wildman–Crippen LogP) is 7.97. The summed E-state index contributed by atoms with van der Waals surface area (Å²) >= 11 is 0. The summed E-state index contributed by atoms with van der Waals surface area (Å²) in [4.78, 5) is 8.94. The Hall–Kier alpha value is -3.53. The number of pyridine rings is 1. The van der Waals surface area contributed by atoms with Gasteiger partial charge in [0.05, 0.1) is 6.20 Å². The Morgan fingerprint density at radius 2 is 1.64 bits per heavy atom. The first-order valence-corrected chi connectivity index (χ1v) is 15.2. The van der Waals surface area contributed by atoms with E-state index in [0.29, 0.717) is 23.0 Å². The molecular weight excluding hydrogens is 462 g/mol. The molecule has 4 rings (SSSR count). The van der Waals surface area contributed by atoms with Crippen molar-refractivity contribution in [3.63, 3.8) is 0 Å². The highest BCUT2D eigenvalue weighted by Crippen LogP contribution is 2.41. The van der Waals surface area contributed by atoms with Gasteiger partial charge in [-0.2, -0.15) is 5.26 Å². The first kappa shape index (κ1) is 25.6. The largest absolute Gasteiger partial charge is 0.436 e. The van der Waals surface area contributed by atoms with Crippen LogP contribution in [0.2, 0.25) is 18.1 Å². The molecule has 0 spiro atoms. The summed E-state index contributed by atoms with van der Waals surface area (Å²) in [5.41, 5.74) is 4.60. The lowest BCUT2D eigenvalue weighted by atomic mass is 10.0. The van der Waals surface area contributed by atoms with E-state index in [1.807, 2.05) is 12.1 Å². The monoisotopic (exact) mass is 495 g/mol. The number of nitrogens with zero attached hydrogens (tertiary/aromatic N) is 3. The normalized spacial score (nSPS) is 12.8. The Morgan fingerprint density at radius 3 is 2.31 bits per heavy atom. The van der Waals surface area contributed by atoms with Gasteiger partial charge in [0.15, 0.2) is 14.1 Å². The van der Waals surface area contributed by atoms with Crippen LogP contribution >= 0.6 is 0 Å². The van der Waals surface area contributed by atoms with E-state index in [9.17, 15) is 5.26 Å². The summed E-state index contributed by atoms with van der Waals surface area (Å²) in [6.45, 7) is 11.2. The maximum Gasteiger partial charge on any atom is 0.222 e. The van der Waals surface area contributed by atoms with Crippen LogP contribution in [0.15, 0.2) is 83.4 Å². The molecule has 6 heteroatoms.